The number of ether oxygens (including phenoxy) is 1. The van der Waals surface area contributed by atoms with Gasteiger partial charge in [-0.25, -0.2) is 9.97 Å². The summed E-state index contributed by atoms with van der Waals surface area (Å²) in [6.45, 7) is 3.81. The average Bonchev–Trinajstić information content (AvgIpc) is 2.46. The molecule has 0 saturated carbocycles. The minimum absolute atomic E-state index is 0. The van der Waals surface area contributed by atoms with Gasteiger partial charge >= 0.3 is 0 Å². The molecule has 1 aliphatic heterocycles. The van der Waals surface area contributed by atoms with Crippen LogP contribution in [-0.4, -0.2) is 43.3 Å². The lowest BCUT2D eigenvalue weighted by Crippen LogP contribution is -2.44. The summed E-state index contributed by atoms with van der Waals surface area (Å²) in [6, 6.07) is 7.87. The molecule has 2 aromatic rings. The Morgan fingerprint density at radius 1 is 1.11 bits per heavy atom. The van der Waals surface area contributed by atoms with E-state index >= 15 is 0 Å². The third-order valence-electron chi connectivity index (χ3n) is 3.13. The van der Waals surface area contributed by atoms with E-state index in [1.165, 1.54) is 0 Å². The van der Waals surface area contributed by atoms with Crippen LogP contribution in [0.15, 0.2) is 24.3 Å². The van der Waals surface area contributed by atoms with Crippen molar-refractivity contribution >= 4 is 29.3 Å². The molecule has 1 aromatic heterocycles. The van der Waals surface area contributed by atoms with Crippen molar-refractivity contribution in [2.24, 2.45) is 0 Å². The molecule has 0 amide bonds. The summed E-state index contributed by atoms with van der Waals surface area (Å²) in [5, 5.41) is 3.33. The number of benzene rings is 1. The van der Waals surface area contributed by atoms with Crippen LogP contribution in [0.3, 0.4) is 0 Å². The van der Waals surface area contributed by atoms with Crippen LogP contribution in [0.25, 0.3) is 11.0 Å². The Morgan fingerprint density at radius 2 is 1.74 bits per heavy atom. The zero-order chi connectivity index (χ0) is 12.4. The third kappa shape index (κ3) is 2.72. The fraction of sp³-hybridized carbons (Fsp3) is 0.385. The zero-order valence-corrected chi connectivity index (χ0v) is 11.6. The summed E-state index contributed by atoms with van der Waals surface area (Å²) in [5.74, 6) is 1.45. The highest BCUT2D eigenvalue weighted by atomic mass is 35.5. The monoisotopic (exact) mass is 280 g/mol. The smallest absolute Gasteiger partial charge is 0.257 e. The Bertz CT molecular complexity index is 557. The topological polar surface area (TPSA) is 50.3 Å². The molecule has 0 atom stereocenters. The van der Waals surface area contributed by atoms with Crippen molar-refractivity contribution in [1.82, 2.24) is 15.3 Å². The molecule has 0 radical (unpaired) electrons. The Kier molecular flexibility index (Phi) is 4.39. The minimum atomic E-state index is 0. The van der Waals surface area contributed by atoms with Gasteiger partial charge in [0.15, 0.2) is 5.82 Å². The number of piperazine rings is 1. The molecule has 5 nitrogen and oxygen atoms in total. The maximum Gasteiger partial charge on any atom is 0.257 e. The maximum absolute atomic E-state index is 5.37. The van der Waals surface area contributed by atoms with Gasteiger partial charge in [0.2, 0.25) is 0 Å². The molecule has 1 aliphatic rings. The van der Waals surface area contributed by atoms with Gasteiger partial charge in [0, 0.05) is 26.2 Å². The Balaban J connectivity index is 0.00000133. The highest BCUT2D eigenvalue weighted by Crippen LogP contribution is 2.26. The first-order valence-corrected chi connectivity index (χ1v) is 6.15. The van der Waals surface area contributed by atoms with E-state index in [2.05, 4.69) is 20.2 Å². The third-order valence-corrected chi connectivity index (χ3v) is 3.13. The van der Waals surface area contributed by atoms with E-state index in [0.717, 1.165) is 43.0 Å². The highest BCUT2D eigenvalue weighted by Gasteiger charge is 2.18. The summed E-state index contributed by atoms with van der Waals surface area (Å²) in [4.78, 5) is 11.4. The van der Waals surface area contributed by atoms with E-state index in [-0.39, 0.29) is 12.4 Å². The predicted molar refractivity (Wildman–Crippen MR) is 78.4 cm³/mol. The first kappa shape index (κ1) is 13.8. The predicted octanol–water partition coefficient (Wildman–Crippen LogP) is 1.47. The molecule has 1 aromatic carbocycles. The van der Waals surface area contributed by atoms with Crippen LogP contribution >= 0.6 is 12.4 Å². The molecular formula is C13H17ClN4O. The molecular weight excluding hydrogens is 264 g/mol. The quantitative estimate of drug-likeness (QED) is 0.903. The van der Waals surface area contributed by atoms with Gasteiger partial charge in [0.05, 0.1) is 18.1 Å². The van der Waals surface area contributed by atoms with Crippen molar-refractivity contribution in [3.05, 3.63) is 24.3 Å². The van der Waals surface area contributed by atoms with Crippen molar-refractivity contribution in [2.45, 2.75) is 0 Å². The Labute approximate surface area is 118 Å². The Hall–Kier alpha value is -1.59. The number of rotatable bonds is 2. The second kappa shape index (κ2) is 6.04. The molecule has 1 N–H and O–H groups in total. The first-order valence-electron chi connectivity index (χ1n) is 6.15. The molecule has 1 saturated heterocycles. The molecule has 2 heterocycles. The van der Waals surface area contributed by atoms with Crippen LogP contribution in [0, 0.1) is 0 Å². The summed E-state index contributed by atoms with van der Waals surface area (Å²) < 4.78 is 5.37. The summed E-state index contributed by atoms with van der Waals surface area (Å²) >= 11 is 0. The minimum Gasteiger partial charge on any atom is -0.478 e. The van der Waals surface area contributed by atoms with E-state index in [4.69, 9.17) is 4.74 Å². The van der Waals surface area contributed by atoms with Crippen LogP contribution < -0.4 is 15.0 Å². The number of hydrogen-bond acceptors (Lipinski definition) is 5. The number of methoxy groups -OCH3 is 1. The summed E-state index contributed by atoms with van der Waals surface area (Å²) in [7, 11) is 1.64. The van der Waals surface area contributed by atoms with Crippen molar-refractivity contribution in [3.8, 4) is 5.88 Å². The standard InChI is InChI=1S/C13H16N4O.ClH/c1-18-13-12(17-8-6-14-7-9-17)15-10-4-2-3-5-11(10)16-13;/h2-5,14H,6-9H2,1H3;1H. The SMILES string of the molecule is COc1nc2ccccc2nc1N1CCNCC1.Cl. The van der Waals surface area contributed by atoms with Gasteiger partial charge in [0.1, 0.15) is 0 Å². The fourth-order valence-corrected chi connectivity index (χ4v) is 2.19. The lowest BCUT2D eigenvalue weighted by Gasteiger charge is -2.29. The second-order valence-corrected chi connectivity index (χ2v) is 4.28. The normalized spacial score (nSPS) is 15.1. The van der Waals surface area contributed by atoms with Gasteiger partial charge in [-0.15, -0.1) is 12.4 Å². The fourth-order valence-electron chi connectivity index (χ4n) is 2.19. The number of nitrogens with zero attached hydrogens (tertiary/aromatic N) is 3. The lowest BCUT2D eigenvalue weighted by atomic mass is 10.3. The zero-order valence-electron chi connectivity index (χ0n) is 10.8. The number of fused-ring (bicyclic) bond motifs is 1. The second-order valence-electron chi connectivity index (χ2n) is 4.28. The largest absolute Gasteiger partial charge is 0.478 e. The van der Waals surface area contributed by atoms with Crippen LogP contribution in [0.5, 0.6) is 5.88 Å². The molecule has 0 spiro atoms. The molecule has 3 rings (SSSR count). The van der Waals surface area contributed by atoms with Crippen LogP contribution in [0.2, 0.25) is 0 Å². The molecule has 6 heteroatoms. The molecule has 19 heavy (non-hydrogen) atoms. The number of halogens is 1. The highest BCUT2D eigenvalue weighted by molar-refractivity contribution is 5.85. The lowest BCUT2D eigenvalue weighted by molar-refractivity contribution is 0.396. The van der Waals surface area contributed by atoms with E-state index < -0.39 is 0 Å². The van der Waals surface area contributed by atoms with Crippen LogP contribution in [-0.2, 0) is 0 Å². The van der Waals surface area contributed by atoms with Gasteiger partial charge < -0.3 is 15.0 Å². The van der Waals surface area contributed by atoms with Crippen molar-refractivity contribution in [2.75, 3.05) is 38.2 Å². The summed E-state index contributed by atoms with van der Waals surface area (Å²) in [5.41, 5.74) is 1.78. The van der Waals surface area contributed by atoms with Crippen LogP contribution in [0.1, 0.15) is 0 Å². The molecule has 0 unspecified atom stereocenters. The number of anilines is 1. The molecule has 1 fully saturated rings. The number of aromatic nitrogens is 2. The first-order chi connectivity index (χ1) is 8.88. The Morgan fingerprint density at radius 3 is 2.37 bits per heavy atom. The van der Waals surface area contributed by atoms with Gasteiger partial charge in [0.25, 0.3) is 5.88 Å². The van der Waals surface area contributed by atoms with Gasteiger partial charge in [-0.3, -0.25) is 0 Å². The number of nitrogens with one attached hydrogen (secondary N) is 1. The van der Waals surface area contributed by atoms with E-state index in [1.54, 1.807) is 7.11 Å². The van der Waals surface area contributed by atoms with Crippen molar-refractivity contribution in [1.29, 1.82) is 0 Å². The molecule has 102 valence electrons. The number of hydrogen-bond donors (Lipinski definition) is 1. The molecule has 0 aliphatic carbocycles. The van der Waals surface area contributed by atoms with Gasteiger partial charge in [-0.1, -0.05) is 12.1 Å². The van der Waals surface area contributed by atoms with E-state index in [0.29, 0.717) is 5.88 Å². The van der Waals surface area contributed by atoms with Gasteiger partial charge in [-0.2, -0.15) is 0 Å². The van der Waals surface area contributed by atoms with Crippen LogP contribution in [0.4, 0.5) is 5.82 Å². The van der Waals surface area contributed by atoms with Crippen molar-refractivity contribution in [3.63, 3.8) is 0 Å². The van der Waals surface area contributed by atoms with E-state index in [1.807, 2.05) is 24.3 Å². The maximum atomic E-state index is 5.37. The van der Waals surface area contributed by atoms with Crippen molar-refractivity contribution < 1.29 is 4.74 Å². The molecule has 0 bridgehead atoms. The average molecular weight is 281 g/mol. The van der Waals surface area contributed by atoms with E-state index in [9.17, 15) is 0 Å². The summed E-state index contributed by atoms with van der Waals surface area (Å²) in [6.07, 6.45) is 0. The van der Waals surface area contributed by atoms with Gasteiger partial charge in [-0.05, 0) is 12.1 Å². The number of para-hydroxylation sites is 2.